The van der Waals surface area contributed by atoms with Crippen LogP contribution in [-0.4, -0.2) is 46.3 Å². The number of amides is 1. The van der Waals surface area contributed by atoms with E-state index in [0.29, 0.717) is 34.4 Å². The van der Waals surface area contributed by atoms with Crippen LogP contribution in [0.3, 0.4) is 0 Å². The van der Waals surface area contributed by atoms with Crippen LogP contribution in [0.4, 0.5) is 15.0 Å². The van der Waals surface area contributed by atoms with Crippen LogP contribution in [0.25, 0.3) is 33.8 Å². The van der Waals surface area contributed by atoms with Gasteiger partial charge in [-0.3, -0.25) is 5.32 Å². The fourth-order valence-electron chi connectivity index (χ4n) is 3.61. The molecule has 1 N–H and O–H groups in total. The van der Waals surface area contributed by atoms with Gasteiger partial charge in [0, 0.05) is 23.5 Å². The third-order valence-corrected chi connectivity index (χ3v) is 5.17. The Morgan fingerprint density at radius 1 is 1.00 bits per heavy atom. The predicted molar refractivity (Wildman–Crippen MR) is 131 cm³/mol. The second-order valence-electron chi connectivity index (χ2n) is 9.11. The number of carbonyl (C=O) groups is 1. The van der Waals surface area contributed by atoms with Crippen molar-refractivity contribution in [2.45, 2.75) is 33.3 Å². The van der Waals surface area contributed by atoms with Crippen molar-refractivity contribution in [3.63, 3.8) is 0 Å². The number of hydrogen-bond acceptors (Lipinski definition) is 7. The molecular formula is C25H23FN8O2. The van der Waals surface area contributed by atoms with E-state index in [2.05, 4.69) is 25.6 Å². The predicted octanol–water partition coefficient (Wildman–Crippen LogP) is 4.83. The molecule has 11 heteroatoms. The number of benzene rings is 1. The Morgan fingerprint density at radius 3 is 2.53 bits per heavy atom. The Bertz CT molecular complexity index is 1570. The van der Waals surface area contributed by atoms with Crippen LogP contribution in [0.1, 0.15) is 26.6 Å². The summed E-state index contributed by atoms with van der Waals surface area (Å²) >= 11 is 0. The fourth-order valence-corrected chi connectivity index (χ4v) is 3.61. The number of ether oxygens (including phenoxy) is 1. The Kier molecular flexibility index (Phi) is 5.67. The van der Waals surface area contributed by atoms with Gasteiger partial charge in [0.05, 0.1) is 0 Å². The minimum absolute atomic E-state index is 0.319. The molecule has 0 aliphatic heterocycles. The topological polar surface area (TPSA) is 112 Å². The highest BCUT2D eigenvalue weighted by Crippen LogP contribution is 2.33. The summed E-state index contributed by atoms with van der Waals surface area (Å²) in [7, 11) is 0. The SMILES string of the molecule is Cc1nnc2ccc(-n3cc(-c4ccnc(NC(=O)OC(C)(C)C)c4)c(-c4ccc(F)cc4)n3)nn12. The number of fused-ring (bicyclic) bond motifs is 1. The number of carbonyl (C=O) groups excluding carboxylic acids is 1. The molecule has 10 nitrogen and oxygen atoms in total. The highest BCUT2D eigenvalue weighted by Gasteiger charge is 2.19. The van der Waals surface area contributed by atoms with E-state index in [1.165, 1.54) is 12.1 Å². The van der Waals surface area contributed by atoms with E-state index in [-0.39, 0.29) is 5.82 Å². The van der Waals surface area contributed by atoms with Crippen LogP contribution in [0.15, 0.2) is 60.9 Å². The summed E-state index contributed by atoms with van der Waals surface area (Å²) < 4.78 is 22.2. The maximum atomic E-state index is 13.6. The number of hydrogen-bond donors (Lipinski definition) is 1. The third-order valence-electron chi connectivity index (χ3n) is 5.17. The second kappa shape index (κ2) is 8.84. The Labute approximate surface area is 205 Å². The summed E-state index contributed by atoms with van der Waals surface area (Å²) in [5.41, 5.74) is 2.77. The number of aryl methyl sites for hydroxylation is 1. The van der Waals surface area contributed by atoms with Crippen molar-refractivity contribution < 1.29 is 13.9 Å². The van der Waals surface area contributed by atoms with Crippen molar-refractivity contribution in [2.24, 2.45) is 0 Å². The largest absolute Gasteiger partial charge is 0.444 e. The summed E-state index contributed by atoms with van der Waals surface area (Å²) in [6.45, 7) is 7.16. The maximum Gasteiger partial charge on any atom is 0.413 e. The average Bonchev–Trinajstić information content (AvgIpc) is 3.43. The first-order chi connectivity index (χ1) is 17.2. The van der Waals surface area contributed by atoms with Gasteiger partial charge < -0.3 is 4.74 Å². The van der Waals surface area contributed by atoms with Gasteiger partial charge in [-0.2, -0.15) is 9.61 Å². The summed E-state index contributed by atoms with van der Waals surface area (Å²) in [6.07, 6.45) is 2.79. The molecule has 0 bridgehead atoms. The molecule has 0 aliphatic carbocycles. The standard InChI is InChI=1S/C25H23FN8O2/c1-15-29-30-21-9-10-22(31-34(15)21)33-14-19(23(32-33)16-5-7-18(26)8-6-16)17-11-12-27-20(13-17)28-24(35)36-25(2,3)4/h5-14H,1-4H3,(H,27,28,35). The van der Waals surface area contributed by atoms with E-state index in [4.69, 9.17) is 9.84 Å². The molecule has 4 aromatic heterocycles. The summed E-state index contributed by atoms with van der Waals surface area (Å²) in [5, 5.41) is 20.1. The zero-order chi connectivity index (χ0) is 25.4. The monoisotopic (exact) mass is 486 g/mol. The van der Waals surface area contributed by atoms with E-state index < -0.39 is 11.7 Å². The molecule has 0 spiro atoms. The smallest absolute Gasteiger partial charge is 0.413 e. The molecule has 36 heavy (non-hydrogen) atoms. The summed E-state index contributed by atoms with van der Waals surface area (Å²) in [4.78, 5) is 16.5. The minimum atomic E-state index is -0.643. The fraction of sp³-hybridized carbons (Fsp3) is 0.200. The molecule has 0 aliphatic rings. The van der Waals surface area contributed by atoms with Crippen LogP contribution in [0, 0.1) is 12.7 Å². The van der Waals surface area contributed by atoms with Crippen molar-refractivity contribution in [3.05, 3.63) is 72.6 Å². The lowest BCUT2D eigenvalue weighted by molar-refractivity contribution is 0.0635. The van der Waals surface area contributed by atoms with Crippen molar-refractivity contribution in [2.75, 3.05) is 5.32 Å². The molecule has 0 unspecified atom stereocenters. The summed E-state index contributed by atoms with van der Waals surface area (Å²) in [5.74, 6) is 1.16. The average molecular weight is 487 g/mol. The van der Waals surface area contributed by atoms with Crippen LogP contribution in [0.5, 0.6) is 0 Å². The number of anilines is 1. The first kappa shape index (κ1) is 23.1. The molecule has 0 saturated carbocycles. The highest BCUT2D eigenvalue weighted by atomic mass is 19.1. The van der Waals surface area contributed by atoms with E-state index >= 15 is 0 Å². The van der Waals surface area contributed by atoms with Crippen molar-refractivity contribution in [1.82, 2.24) is 34.6 Å². The van der Waals surface area contributed by atoms with E-state index in [1.807, 2.05) is 13.1 Å². The van der Waals surface area contributed by atoms with Crippen molar-refractivity contribution in [3.8, 4) is 28.2 Å². The van der Waals surface area contributed by atoms with Gasteiger partial charge in [0.2, 0.25) is 0 Å². The number of nitrogens with zero attached hydrogens (tertiary/aromatic N) is 7. The number of rotatable bonds is 4. The lowest BCUT2D eigenvalue weighted by Gasteiger charge is -2.19. The van der Waals surface area contributed by atoms with Gasteiger partial charge in [0.15, 0.2) is 17.3 Å². The first-order valence-corrected chi connectivity index (χ1v) is 11.2. The van der Waals surface area contributed by atoms with Gasteiger partial charge in [0.1, 0.15) is 22.9 Å². The molecule has 0 radical (unpaired) electrons. The molecule has 1 aromatic carbocycles. The first-order valence-electron chi connectivity index (χ1n) is 11.2. The minimum Gasteiger partial charge on any atom is -0.444 e. The zero-order valence-corrected chi connectivity index (χ0v) is 20.1. The molecule has 0 saturated heterocycles. The quantitative estimate of drug-likeness (QED) is 0.387. The number of halogens is 1. The number of pyridine rings is 1. The molecule has 1 amide bonds. The highest BCUT2D eigenvalue weighted by molar-refractivity contribution is 5.86. The Balaban J connectivity index is 1.58. The molecule has 5 aromatic rings. The van der Waals surface area contributed by atoms with Crippen molar-refractivity contribution in [1.29, 1.82) is 0 Å². The zero-order valence-electron chi connectivity index (χ0n) is 20.1. The van der Waals surface area contributed by atoms with Crippen LogP contribution < -0.4 is 5.32 Å². The van der Waals surface area contributed by atoms with Gasteiger partial charge in [0.25, 0.3) is 0 Å². The van der Waals surface area contributed by atoms with Crippen molar-refractivity contribution >= 4 is 17.6 Å². The Morgan fingerprint density at radius 2 is 1.78 bits per heavy atom. The molecular weight excluding hydrogens is 463 g/mol. The van der Waals surface area contributed by atoms with Gasteiger partial charge in [-0.15, -0.1) is 15.3 Å². The van der Waals surface area contributed by atoms with E-state index in [0.717, 1.165) is 11.1 Å². The van der Waals surface area contributed by atoms with E-state index in [1.54, 1.807) is 72.6 Å². The number of nitrogens with one attached hydrogen (secondary N) is 1. The summed E-state index contributed by atoms with van der Waals surface area (Å²) in [6, 6.07) is 13.2. The van der Waals surface area contributed by atoms with Crippen LogP contribution >= 0.6 is 0 Å². The normalized spacial score (nSPS) is 11.6. The molecule has 0 fully saturated rings. The van der Waals surface area contributed by atoms with Gasteiger partial charge in [-0.05, 0) is 81.8 Å². The lowest BCUT2D eigenvalue weighted by Crippen LogP contribution is -2.27. The molecule has 182 valence electrons. The lowest BCUT2D eigenvalue weighted by atomic mass is 10.0. The van der Waals surface area contributed by atoms with Crippen LogP contribution in [0.2, 0.25) is 0 Å². The molecule has 0 atom stereocenters. The second-order valence-corrected chi connectivity index (χ2v) is 9.11. The van der Waals surface area contributed by atoms with Gasteiger partial charge in [-0.1, -0.05) is 0 Å². The molecule has 4 heterocycles. The molecule has 5 rings (SSSR count). The van der Waals surface area contributed by atoms with Gasteiger partial charge >= 0.3 is 6.09 Å². The number of aromatic nitrogens is 7. The Hall–Kier alpha value is -4.67. The third kappa shape index (κ3) is 4.76. The maximum absolute atomic E-state index is 13.6. The van der Waals surface area contributed by atoms with Crippen LogP contribution in [-0.2, 0) is 4.74 Å². The van der Waals surface area contributed by atoms with Gasteiger partial charge in [-0.25, -0.2) is 18.9 Å². The van der Waals surface area contributed by atoms with E-state index in [9.17, 15) is 9.18 Å².